The van der Waals surface area contributed by atoms with Crippen molar-refractivity contribution in [1.29, 1.82) is 0 Å². The van der Waals surface area contributed by atoms with Gasteiger partial charge in [0.25, 0.3) is 5.91 Å². The van der Waals surface area contributed by atoms with Crippen molar-refractivity contribution in [2.24, 2.45) is 5.92 Å². The summed E-state index contributed by atoms with van der Waals surface area (Å²) in [4.78, 5) is 14.1. The molecule has 0 radical (unpaired) electrons. The van der Waals surface area contributed by atoms with Crippen molar-refractivity contribution >= 4 is 29.1 Å². The van der Waals surface area contributed by atoms with Crippen LogP contribution in [0, 0.1) is 5.92 Å². The Balaban J connectivity index is 1.44. The third kappa shape index (κ3) is 4.29. The molecule has 7 heteroatoms. The molecule has 0 unspecified atom stereocenters. The molecule has 1 amide bonds. The van der Waals surface area contributed by atoms with Gasteiger partial charge in [0.15, 0.2) is 12.9 Å². The maximum absolute atomic E-state index is 12.2. The van der Waals surface area contributed by atoms with E-state index in [4.69, 9.17) is 37.4 Å². The number of carbonyl (C=O) groups is 1. The lowest BCUT2D eigenvalue weighted by Gasteiger charge is -2.33. The molecule has 0 aromatic heterocycles. The standard InChI is InChI=1S/C16H19Cl2NO4/c17-13-2-1-12(9-14(13)18)23-10-15(20)19-5-3-11(4-6-19)16-21-7-8-22-16/h1-2,9,11,16H,3-8,10H2. The van der Waals surface area contributed by atoms with E-state index in [9.17, 15) is 4.79 Å². The third-order valence-electron chi connectivity index (χ3n) is 4.18. The van der Waals surface area contributed by atoms with Gasteiger partial charge in [-0.25, -0.2) is 0 Å². The minimum absolute atomic E-state index is 0.000936. The van der Waals surface area contributed by atoms with Gasteiger partial charge in [0.1, 0.15) is 5.75 Å². The molecule has 2 saturated heterocycles. The smallest absolute Gasteiger partial charge is 0.260 e. The molecule has 0 bridgehead atoms. The average Bonchev–Trinajstić information content (AvgIpc) is 3.10. The Kier molecular flexibility index (Phi) is 5.64. The van der Waals surface area contributed by atoms with Gasteiger partial charge in [-0.2, -0.15) is 0 Å². The van der Waals surface area contributed by atoms with E-state index >= 15 is 0 Å². The lowest BCUT2D eigenvalue weighted by Crippen LogP contribution is -2.43. The summed E-state index contributed by atoms with van der Waals surface area (Å²) in [6, 6.07) is 4.96. The first-order chi connectivity index (χ1) is 11.1. The van der Waals surface area contributed by atoms with Gasteiger partial charge in [0.2, 0.25) is 0 Å². The van der Waals surface area contributed by atoms with Crippen molar-refractivity contribution in [2.45, 2.75) is 19.1 Å². The average molecular weight is 360 g/mol. The highest BCUT2D eigenvalue weighted by molar-refractivity contribution is 6.42. The molecule has 1 aromatic carbocycles. The summed E-state index contributed by atoms with van der Waals surface area (Å²) in [5.74, 6) is 0.885. The van der Waals surface area contributed by atoms with E-state index in [0.717, 1.165) is 12.8 Å². The Labute approximate surface area is 145 Å². The monoisotopic (exact) mass is 359 g/mol. The number of hydrogen-bond donors (Lipinski definition) is 0. The zero-order valence-corrected chi connectivity index (χ0v) is 14.2. The molecule has 2 aliphatic rings. The van der Waals surface area contributed by atoms with Crippen molar-refractivity contribution in [1.82, 2.24) is 4.90 Å². The minimum Gasteiger partial charge on any atom is -0.484 e. The van der Waals surface area contributed by atoms with E-state index in [2.05, 4.69) is 0 Å². The molecule has 0 atom stereocenters. The zero-order chi connectivity index (χ0) is 16.2. The van der Waals surface area contributed by atoms with Crippen LogP contribution < -0.4 is 4.74 Å². The van der Waals surface area contributed by atoms with Crippen LogP contribution in [0.15, 0.2) is 18.2 Å². The van der Waals surface area contributed by atoms with Crippen LogP contribution in [-0.4, -0.2) is 50.0 Å². The molecule has 23 heavy (non-hydrogen) atoms. The van der Waals surface area contributed by atoms with E-state index in [-0.39, 0.29) is 18.8 Å². The molecule has 2 fully saturated rings. The molecule has 0 aliphatic carbocycles. The Morgan fingerprint density at radius 1 is 1.17 bits per heavy atom. The molecular weight excluding hydrogens is 341 g/mol. The van der Waals surface area contributed by atoms with Crippen LogP contribution in [0.4, 0.5) is 0 Å². The largest absolute Gasteiger partial charge is 0.484 e. The van der Waals surface area contributed by atoms with E-state index in [1.54, 1.807) is 18.2 Å². The zero-order valence-electron chi connectivity index (χ0n) is 12.7. The summed E-state index contributed by atoms with van der Waals surface area (Å²) in [5, 5.41) is 0.873. The van der Waals surface area contributed by atoms with Gasteiger partial charge in [-0.1, -0.05) is 23.2 Å². The molecule has 0 saturated carbocycles. The van der Waals surface area contributed by atoms with Gasteiger partial charge in [-0.15, -0.1) is 0 Å². The van der Waals surface area contributed by atoms with E-state index in [1.807, 2.05) is 4.90 Å². The van der Waals surface area contributed by atoms with Crippen LogP contribution in [0.5, 0.6) is 5.75 Å². The highest BCUT2D eigenvalue weighted by Gasteiger charge is 2.31. The third-order valence-corrected chi connectivity index (χ3v) is 4.92. The predicted molar refractivity (Wildman–Crippen MR) is 87.0 cm³/mol. The summed E-state index contributed by atoms with van der Waals surface area (Å²) in [6.07, 6.45) is 1.69. The van der Waals surface area contributed by atoms with Crippen LogP contribution in [-0.2, 0) is 14.3 Å². The number of nitrogens with zero attached hydrogens (tertiary/aromatic N) is 1. The fraction of sp³-hybridized carbons (Fsp3) is 0.562. The van der Waals surface area contributed by atoms with Gasteiger partial charge < -0.3 is 19.1 Å². The summed E-state index contributed by atoms with van der Waals surface area (Å²) < 4.78 is 16.6. The highest BCUT2D eigenvalue weighted by Crippen LogP contribution is 2.27. The Hall–Kier alpha value is -1.01. The number of rotatable bonds is 4. The molecule has 0 N–H and O–H groups in total. The van der Waals surface area contributed by atoms with Crippen LogP contribution >= 0.6 is 23.2 Å². The Morgan fingerprint density at radius 3 is 2.52 bits per heavy atom. The van der Waals surface area contributed by atoms with Crippen molar-refractivity contribution < 1.29 is 19.0 Å². The molecule has 126 valence electrons. The van der Waals surface area contributed by atoms with E-state index in [0.29, 0.717) is 48.0 Å². The number of hydrogen-bond acceptors (Lipinski definition) is 4. The Morgan fingerprint density at radius 2 is 1.87 bits per heavy atom. The maximum atomic E-state index is 12.2. The van der Waals surface area contributed by atoms with Crippen LogP contribution in [0.1, 0.15) is 12.8 Å². The van der Waals surface area contributed by atoms with Crippen molar-refractivity contribution in [2.75, 3.05) is 32.9 Å². The number of halogens is 2. The maximum Gasteiger partial charge on any atom is 0.260 e. The molecule has 0 spiro atoms. The Bertz CT molecular complexity index is 555. The van der Waals surface area contributed by atoms with Gasteiger partial charge >= 0.3 is 0 Å². The normalized spacial score (nSPS) is 20.0. The van der Waals surface area contributed by atoms with Gasteiger partial charge in [-0.3, -0.25) is 4.79 Å². The van der Waals surface area contributed by atoms with Crippen molar-refractivity contribution in [3.63, 3.8) is 0 Å². The molecule has 3 rings (SSSR count). The van der Waals surface area contributed by atoms with E-state index < -0.39 is 0 Å². The van der Waals surface area contributed by atoms with Gasteiger partial charge in [-0.05, 0) is 25.0 Å². The highest BCUT2D eigenvalue weighted by atomic mass is 35.5. The molecular formula is C16H19Cl2NO4. The number of ether oxygens (including phenoxy) is 3. The molecule has 1 aromatic rings. The first kappa shape index (κ1) is 16.8. The summed E-state index contributed by atoms with van der Waals surface area (Å²) in [7, 11) is 0. The van der Waals surface area contributed by atoms with E-state index in [1.165, 1.54) is 0 Å². The topological polar surface area (TPSA) is 48.0 Å². The number of piperidine rings is 1. The quantitative estimate of drug-likeness (QED) is 0.828. The summed E-state index contributed by atoms with van der Waals surface area (Å²) in [5.41, 5.74) is 0. The van der Waals surface area contributed by atoms with Crippen molar-refractivity contribution in [3.8, 4) is 5.75 Å². The SMILES string of the molecule is O=C(COc1ccc(Cl)c(Cl)c1)N1CCC(C2OCCO2)CC1. The van der Waals surface area contributed by atoms with Crippen LogP contribution in [0.2, 0.25) is 10.0 Å². The second-order valence-electron chi connectivity index (χ2n) is 5.69. The first-order valence-electron chi connectivity index (χ1n) is 7.72. The lowest BCUT2D eigenvalue weighted by atomic mass is 9.96. The number of carbonyl (C=O) groups excluding carboxylic acids is 1. The number of benzene rings is 1. The molecule has 5 nitrogen and oxygen atoms in total. The number of likely N-dealkylation sites (tertiary alicyclic amines) is 1. The fourth-order valence-electron chi connectivity index (χ4n) is 2.87. The fourth-order valence-corrected chi connectivity index (χ4v) is 3.16. The van der Waals surface area contributed by atoms with Crippen LogP contribution in [0.3, 0.4) is 0 Å². The van der Waals surface area contributed by atoms with Gasteiger partial charge in [0, 0.05) is 25.1 Å². The molecule has 2 aliphatic heterocycles. The molecule has 2 heterocycles. The lowest BCUT2D eigenvalue weighted by molar-refractivity contribution is -0.138. The van der Waals surface area contributed by atoms with Crippen molar-refractivity contribution in [3.05, 3.63) is 28.2 Å². The second kappa shape index (κ2) is 7.71. The minimum atomic E-state index is -0.0975. The van der Waals surface area contributed by atoms with Crippen LogP contribution in [0.25, 0.3) is 0 Å². The predicted octanol–water partition coefficient (Wildman–Crippen LogP) is 2.98. The van der Waals surface area contributed by atoms with Gasteiger partial charge in [0.05, 0.1) is 23.3 Å². The number of amides is 1. The summed E-state index contributed by atoms with van der Waals surface area (Å²) >= 11 is 11.8. The first-order valence-corrected chi connectivity index (χ1v) is 8.48. The summed E-state index contributed by atoms with van der Waals surface area (Å²) in [6.45, 7) is 2.75. The second-order valence-corrected chi connectivity index (χ2v) is 6.51.